The summed E-state index contributed by atoms with van der Waals surface area (Å²) >= 11 is 0. The standard InChI is InChI=1S/C18H25N5O2/c1-2-22(13-16-7-12-25-14-16)18(24)20-17-6-11-23(21-17)10-5-15-3-8-19-9-4-15/h3-4,6,8-9,11,16H,2,5,7,10,12-14H2,1H3,(H,20,21,24). The number of aromatic nitrogens is 3. The summed E-state index contributed by atoms with van der Waals surface area (Å²) in [7, 11) is 0. The molecule has 1 fully saturated rings. The van der Waals surface area contributed by atoms with Gasteiger partial charge in [-0.2, -0.15) is 5.10 Å². The Kier molecular flexibility index (Phi) is 6.00. The number of hydrogen-bond donors (Lipinski definition) is 1. The molecule has 0 aromatic carbocycles. The average molecular weight is 343 g/mol. The summed E-state index contributed by atoms with van der Waals surface area (Å²) in [6.45, 7) is 5.69. The lowest BCUT2D eigenvalue weighted by atomic mass is 10.1. The molecule has 2 aromatic heterocycles. The number of amides is 2. The number of nitrogens with zero attached hydrogens (tertiary/aromatic N) is 4. The van der Waals surface area contributed by atoms with Crippen LogP contribution in [0.15, 0.2) is 36.8 Å². The van der Waals surface area contributed by atoms with E-state index in [1.54, 1.807) is 12.4 Å². The molecular weight excluding hydrogens is 318 g/mol. The van der Waals surface area contributed by atoms with Crippen LogP contribution < -0.4 is 5.32 Å². The van der Waals surface area contributed by atoms with Crippen molar-refractivity contribution in [3.05, 3.63) is 42.4 Å². The van der Waals surface area contributed by atoms with Gasteiger partial charge >= 0.3 is 6.03 Å². The van der Waals surface area contributed by atoms with E-state index in [1.165, 1.54) is 5.56 Å². The third kappa shape index (κ3) is 5.03. The molecule has 1 unspecified atom stereocenters. The molecule has 1 saturated heterocycles. The van der Waals surface area contributed by atoms with Gasteiger partial charge in [0.1, 0.15) is 0 Å². The van der Waals surface area contributed by atoms with E-state index in [0.29, 0.717) is 18.3 Å². The molecule has 3 rings (SSSR count). The molecule has 2 amide bonds. The highest BCUT2D eigenvalue weighted by Crippen LogP contribution is 2.15. The second-order valence-electron chi connectivity index (χ2n) is 6.27. The van der Waals surface area contributed by atoms with Gasteiger partial charge in [-0.05, 0) is 37.5 Å². The predicted octanol–water partition coefficient (Wildman–Crippen LogP) is 2.41. The van der Waals surface area contributed by atoms with Crippen LogP contribution in [-0.4, -0.2) is 52.0 Å². The Bertz CT molecular complexity index is 667. The molecule has 134 valence electrons. The van der Waals surface area contributed by atoms with E-state index in [0.717, 1.165) is 39.1 Å². The Morgan fingerprint density at radius 1 is 1.40 bits per heavy atom. The molecule has 0 radical (unpaired) electrons. The molecule has 7 heteroatoms. The fourth-order valence-electron chi connectivity index (χ4n) is 2.93. The molecular formula is C18H25N5O2. The maximum absolute atomic E-state index is 12.4. The topological polar surface area (TPSA) is 72.3 Å². The van der Waals surface area contributed by atoms with Crippen LogP contribution >= 0.6 is 0 Å². The zero-order valence-corrected chi connectivity index (χ0v) is 14.6. The monoisotopic (exact) mass is 343 g/mol. The highest BCUT2D eigenvalue weighted by Gasteiger charge is 2.21. The lowest BCUT2D eigenvalue weighted by molar-refractivity contribution is 0.171. The average Bonchev–Trinajstić information content (AvgIpc) is 3.30. The molecule has 1 N–H and O–H groups in total. The summed E-state index contributed by atoms with van der Waals surface area (Å²) in [5.41, 5.74) is 1.21. The number of hydrogen-bond acceptors (Lipinski definition) is 4. The third-order valence-electron chi connectivity index (χ3n) is 4.43. The van der Waals surface area contributed by atoms with Gasteiger partial charge in [0.15, 0.2) is 5.82 Å². The number of urea groups is 1. The fraction of sp³-hybridized carbons (Fsp3) is 0.500. The van der Waals surface area contributed by atoms with Crippen LogP contribution in [0.5, 0.6) is 0 Å². The predicted molar refractivity (Wildman–Crippen MR) is 95.4 cm³/mol. The van der Waals surface area contributed by atoms with Crippen molar-refractivity contribution < 1.29 is 9.53 Å². The molecule has 7 nitrogen and oxygen atoms in total. The van der Waals surface area contributed by atoms with Crippen molar-refractivity contribution >= 4 is 11.8 Å². The quantitative estimate of drug-likeness (QED) is 0.838. The van der Waals surface area contributed by atoms with Crippen molar-refractivity contribution in [2.75, 3.05) is 31.6 Å². The van der Waals surface area contributed by atoms with E-state index in [-0.39, 0.29) is 6.03 Å². The van der Waals surface area contributed by atoms with Crippen molar-refractivity contribution in [2.24, 2.45) is 5.92 Å². The third-order valence-corrected chi connectivity index (χ3v) is 4.43. The van der Waals surface area contributed by atoms with E-state index < -0.39 is 0 Å². The number of nitrogens with one attached hydrogen (secondary N) is 1. The van der Waals surface area contributed by atoms with Crippen LogP contribution in [0.25, 0.3) is 0 Å². The Balaban J connectivity index is 1.50. The number of ether oxygens (including phenoxy) is 1. The lowest BCUT2D eigenvalue weighted by Crippen LogP contribution is -2.38. The molecule has 1 atom stereocenters. The minimum absolute atomic E-state index is 0.103. The summed E-state index contributed by atoms with van der Waals surface area (Å²) in [5, 5.41) is 7.32. The molecule has 1 aliphatic heterocycles. The SMILES string of the molecule is CCN(CC1CCOC1)C(=O)Nc1ccn(CCc2ccncc2)n1. The molecule has 0 bridgehead atoms. The first-order valence-corrected chi connectivity index (χ1v) is 8.80. The van der Waals surface area contributed by atoms with Crippen LogP contribution in [0.2, 0.25) is 0 Å². The maximum atomic E-state index is 12.4. The van der Waals surface area contributed by atoms with Crippen LogP contribution in [0, 0.1) is 5.92 Å². The van der Waals surface area contributed by atoms with Crippen molar-refractivity contribution in [2.45, 2.75) is 26.3 Å². The van der Waals surface area contributed by atoms with Crippen molar-refractivity contribution in [3.8, 4) is 0 Å². The van der Waals surface area contributed by atoms with Gasteiger partial charge in [-0.3, -0.25) is 15.0 Å². The Hall–Kier alpha value is -2.41. The number of carbonyl (C=O) groups is 1. The van der Waals surface area contributed by atoms with Gasteiger partial charge in [0.05, 0.1) is 6.61 Å². The number of aryl methyl sites for hydroxylation is 2. The lowest BCUT2D eigenvalue weighted by Gasteiger charge is -2.23. The minimum Gasteiger partial charge on any atom is -0.381 e. The van der Waals surface area contributed by atoms with Crippen LogP contribution in [0.3, 0.4) is 0 Å². The van der Waals surface area contributed by atoms with Gasteiger partial charge < -0.3 is 9.64 Å². The van der Waals surface area contributed by atoms with Crippen LogP contribution in [-0.2, 0) is 17.7 Å². The van der Waals surface area contributed by atoms with Gasteiger partial charge in [-0.15, -0.1) is 0 Å². The maximum Gasteiger partial charge on any atom is 0.323 e. The number of pyridine rings is 1. The first kappa shape index (κ1) is 17.4. The highest BCUT2D eigenvalue weighted by molar-refractivity contribution is 5.88. The molecule has 3 heterocycles. The summed E-state index contributed by atoms with van der Waals surface area (Å²) < 4.78 is 7.23. The molecule has 0 aliphatic carbocycles. The van der Waals surface area contributed by atoms with E-state index in [1.807, 2.05) is 40.9 Å². The Morgan fingerprint density at radius 2 is 2.24 bits per heavy atom. The van der Waals surface area contributed by atoms with Crippen molar-refractivity contribution in [1.29, 1.82) is 0 Å². The second kappa shape index (κ2) is 8.62. The Morgan fingerprint density at radius 3 is 2.96 bits per heavy atom. The largest absolute Gasteiger partial charge is 0.381 e. The normalized spacial score (nSPS) is 16.8. The van der Waals surface area contributed by atoms with Crippen molar-refractivity contribution in [1.82, 2.24) is 19.7 Å². The van der Waals surface area contributed by atoms with Crippen LogP contribution in [0.4, 0.5) is 10.6 Å². The Labute approximate surface area is 148 Å². The zero-order valence-electron chi connectivity index (χ0n) is 14.6. The fourth-order valence-corrected chi connectivity index (χ4v) is 2.93. The van der Waals surface area contributed by atoms with Gasteiger partial charge in [0, 0.05) is 56.8 Å². The smallest absolute Gasteiger partial charge is 0.323 e. The minimum atomic E-state index is -0.103. The van der Waals surface area contributed by atoms with Gasteiger partial charge in [-0.25, -0.2) is 4.79 Å². The molecule has 1 aliphatic rings. The van der Waals surface area contributed by atoms with E-state index in [2.05, 4.69) is 15.4 Å². The summed E-state index contributed by atoms with van der Waals surface area (Å²) in [5.74, 6) is 1.02. The van der Waals surface area contributed by atoms with Gasteiger partial charge in [-0.1, -0.05) is 0 Å². The molecule has 0 spiro atoms. The van der Waals surface area contributed by atoms with Gasteiger partial charge in [0.2, 0.25) is 0 Å². The van der Waals surface area contributed by atoms with E-state index in [9.17, 15) is 4.79 Å². The number of anilines is 1. The van der Waals surface area contributed by atoms with Gasteiger partial charge in [0.25, 0.3) is 0 Å². The first-order chi connectivity index (χ1) is 12.2. The number of carbonyl (C=O) groups excluding carboxylic acids is 1. The molecule has 2 aromatic rings. The van der Waals surface area contributed by atoms with E-state index in [4.69, 9.17) is 4.74 Å². The highest BCUT2D eigenvalue weighted by atomic mass is 16.5. The summed E-state index contributed by atoms with van der Waals surface area (Å²) in [6, 6.07) is 5.72. The number of rotatable bonds is 7. The summed E-state index contributed by atoms with van der Waals surface area (Å²) in [6.07, 6.45) is 7.36. The van der Waals surface area contributed by atoms with Crippen molar-refractivity contribution in [3.63, 3.8) is 0 Å². The first-order valence-electron chi connectivity index (χ1n) is 8.80. The van der Waals surface area contributed by atoms with Crippen LogP contribution in [0.1, 0.15) is 18.9 Å². The molecule has 0 saturated carbocycles. The second-order valence-corrected chi connectivity index (χ2v) is 6.27. The summed E-state index contributed by atoms with van der Waals surface area (Å²) in [4.78, 5) is 18.3. The molecule has 25 heavy (non-hydrogen) atoms. The van der Waals surface area contributed by atoms with E-state index >= 15 is 0 Å². The zero-order chi connectivity index (χ0) is 17.5.